The van der Waals surface area contributed by atoms with Crippen LogP contribution in [0.4, 0.5) is 5.69 Å². The Morgan fingerprint density at radius 3 is 2.52 bits per heavy atom. The molecule has 0 aliphatic rings. The maximum Gasteiger partial charge on any atom is 0.255 e. The molecule has 1 heterocycles. The van der Waals surface area contributed by atoms with Gasteiger partial charge in [0.1, 0.15) is 12.4 Å². The van der Waals surface area contributed by atoms with Crippen molar-refractivity contribution in [2.24, 2.45) is 0 Å². The zero-order chi connectivity index (χ0) is 16.1. The van der Waals surface area contributed by atoms with Gasteiger partial charge in [0.2, 0.25) is 0 Å². The molecular formula is C18H16N2O2S. The van der Waals surface area contributed by atoms with Gasteiger partial charge >= 0.3 is 0 Å². The molecule has 4 nitrogen and oxygen atoms in total. The van der Waals surface area contributed by atoms with Crippen LogP contribution in [0.5, 0.6) is 5.75 Å². The number of amides is 1. The van der Waals surface area contributed by atoms with E-state index in [-0.39, 0.29) is 5.91 Å². The van der Waals surface area contributed by atoms with Crippen LogP contribution in [-0.2, 0) is 6.61 Å². The highest BCUT2D eigenvalue weighted by atomic mass is 32.1. The summed E-state index contributed by atoms with van der Waals surface area (Å²) < 4.78 is 5.63. The average molecular weight is 324 g/mol. The molecule has 0 aliphatic heterocycles. The van der Waals surface area contributed by atoms with E-state index in [4.69, 9.17) is 4.74 Å². The monoisotopic (exact) mass is 324 g/mol. The first kappa shape index (κ1) is 15.2. The Morgan fingerprint density at radius 1 is 1.13 bits per heavy atom. The number of benzene rings is 2. The maximum atomic E-state index is 12.2. The molecule has 0 bridgehead atoms. The van der Waals surface area contributed by atoms with E-state index in [1.807, 2.05) is 36.6 Å². The van der Waals surface area contributed by atoms with Crippen molar-refractivity contribution in [1.29, 1.82) is 0 Å². The summed E-state index contributed by atoms with van der Waals surface area (Å²) in [6.07, 6.45) is 0. The molecule has 2 aromatic carbocycles. The van der Waals surface area contributed by atoms with Crippen molar-refractivity contribution in [2.45, 2.75) is 13.5 Å². The second-order valence-electron chi connectivity index (χ2n) is 5.11. The Balaban J connectivity index is 1.59. The molecule has 0 saturated carbocycles. The van der Waals surface area contributed by atoms with Gasteiger partial charge in [0.25, 0.3) is 5.91 Å². The van der Waals surface area contributed by atoms with E-state index in [0.29, 0.717) is 17.9 Å². The normalized spacial score (nSPS) is 10.3. The van der Waals surface area contributed by atoms with E-state index in [2.05, 4.69) is 10.3 Å². The number of rotatable bonds is 5. The summed E-state index contributed by atoms with van der Waals surface area (Å²) in [5, 5.41) is 4.82. The van der Waals surface area contributed by atoms with Gasteiger partial charge in [-0.3, -0.25) is 4.79 Å². The number of carbonyl (C=O) groups excluding carboxylic acids is 1. The summed E-state index contributed by atoms with van der Waals surface area (Å²) in [4.78, 5) is 16.4. The van der Waals surface area contributed by atoms with Crippen molar-refractivity contribution in [1.82, 2.24) is 4.98 Å². The lowest BCUT2D eigenvalue weighted by Gasteiger charge is -2.07. The zero-order valence-corrected chi connectivity index (χ0v) is 13.5. The van der Waals surface area contributed by atoms with E-state index in [1.165, 1.54) is 11.3 Å². The van der Waals surface area contributed by atoms with Crippen LogP contribution in [-0.4, -0.2) is 10.9 Å². The average Bonchev–Trinajstić information content (AvgIpc) is 3.09. The molecule has 0 radical (unpaired) electrons. The number of nitrogens with zero attached hydrogens (tertiary/aromatic N) is 1. The van der Waals surface area contributed by atoms with Gasteiger partial charge in [-0.15, -0.1) is 11.3 Å². The van der Waals surface area contributed by atoms with E-state index < -0.39 is 0 Å². The molecule has 23 heavy (non-hydrogen) atoms. The quantitative estimate of drug-likeness (QED) is 0.762. The Morgan fingerprint density at radius 2 is 1.87 bits per heavy atom. The van der Waals surface area contributed by atoms with Crippen molar-refractivity contribution >= 4 is 22.9 Å². The first-order valence-electron chi connectivity index (χ1n) is 7.19. The molecule has 0 fully saturated rings. The van der Waals surface area contributed by atoms with Crippen molar-refractivity contribution in [3.8, 4) is 5.75 Å². The van der Waals surface area contributed by atoms with Gasteiger partial charge in [-0.25, -0.2) is 4.98 Å². The van der Waals surface area contributed by atoms with Crippen LogP contribution in [0.1, 0.15) is 21.6 Å². The fourth-order valence-electron chi connectivity index (χ4n) is 2.01. The standard InChI is InChI=1S/C18H16N2O2S/c1-13-2-6-15(7-3-13)20-18(21)14-4-8-17(9-5-14)22-10-16-11-23-12-19-16/h2-9,11-12H,10H2,1H3,(H,20,21). The molecule has 0 aliphatic carbocycles. The van der Waals surface area contributed by atoms with E-state index in [0.717, 1.165) is 16.9 Å². The molecule has 5 heteroatoms. The smallest absolute Gasteiger partial charge is 0.255 e. The molecule has 1 N–H and O–H groups in total. The number of aromatic nitrogens is 1. The van der Waals surface area contributed by atoms with Crippen LogP contribution < -0.4 is 10.1 Å². The lowest BCUT2D eigenvalue weighted by Crippen LogP contribution is -2.11. The molecule has 0 atom stereocenters. The molecule has 1 aromatic heterocycles. The first-order chi connectivity index (χ1) is 11.2. The predicted molar refractivity (Wildman–Crippen MR) is 92.0 cm³/mol. The number of ether oxygens (including phenoxy) is 1. The van der Waals surface area contributed by atoms with Gasteiger partial charge < -0.3 is 10.1 Å². The van der Waals surface area contributed by atoms with E-state index in [1.54, 1.807) is 29.8 Å². The lowest BCUT2D eigenvalue weighted by atomic mass is 10.2. The van der Waals surface area contributed by atoms with Gasteiger partial charge in [0.15, 0.2) is 0 Å². The molecule has 0 unspecified atom stereocenters. The molecule has 0 spiro atoms. The third-order valence-corrected chi connectivity index (χ3v) is 3.93. The minimum absolute atomic E-state index is 0.139. The van der Waals surface area contributed by atoms with Crippen molar-refractivity contribution in [3.63, 3.8) is 0 Å². The largest absolute Gasteiger partial charge is 0.487 e. The summed E-state index contributed by atoms with van der Waals surface area (Å²) in [5.41, 5.74) is 5.20. The van der Waals surface area contributed by atoms with Crippen LogP contribution in [0.15, 0.2) is 59.4 Å². The second-order valence-corrected chi connectivity index (χ2v) is 5.83. The summed E-state index contributed by atoms with van der Waals surface area (Å²) in [5.74, 6) is 0.574. The minimum Gasteiger partial charge on any atom is -0.487 e. The Hall–Kier alpha value is -2.66. The third kappa shape index (κ3) is 4.17. The summed E-state index contributed by atoms with van der Waals surface area (Å²) in [7, 11) is 0. The van der Waals surface area contributed by atoms with Crippen LogP contribution in [0, 0.1) is 6.92 Å². The van der Waals surface area contributed by atoms with Crippen molar-refractivity contribution in [2.75, 3.05) is 5.32 Å². The molecule has 3 rings (SSSR count). The summed E-state index contributed by atoms with van der Waals surface area (Å²) in [6, 6.07) is 14.8. The van der Waals surface area contributed by atoms with Crippen LogP contribution in [0.25, 0.3) is 0 Å². The highest BCUT2D eigenvalue weighted by molar-refractivity contribution is 7.07. The van der Waals surface area contributed by atoms with Gasteiger partial charge in [-0.05, 0) is 43.3 Å². The highest BCUT2D eigenvalue weighted by Crippen LogP contribution is 2.16. The molecule has 116 valence electrons. The molecule has 1 amide bonds. The Labute approximate surface area is 138 Å². The molecule has 3 aromatic rings. The Kier molecular flexibility index (Phi) is 4.68. The second kappa shape index (κ2) is 7.07. The number of hydrogen-bond donors (Lipinski definition) is 1. The fourth-order valence-corrected chi connectivity index (χ4v) is 2.55. The van der Waals surface area contributed by atoms with Crippen LogP contribution in [0.3, 0.4) is 0 Å². The highest BCUT2D eigenvalue weighted by Gasteiger charge is 2.06. The number of aryl methyl sites for hydroxylation is 1. The number of thiazole rings is 1. The van der Waals surface area contributed by atoms with Gasteiger partial charge in [-0.1, -0.05) is 17.7 Å². The number of anilines is 1. The fraction of sp³-hybridized carbons (Fsp3) is 0.111. The third-order valence-electron chi connectivity index (χ3n) is 3.30. The van der Waals surface area contributed by atoms with Gasteiger partial charge in [0, 0.05) is 16.6 Å². The number of nitrogens with one attached hydrogen (secondary N) is 1. The summed E-state index contributed by atoms with van der Waals surface area (Å²) >= 11 is 1.54. The van der Waals surface area contributed by atoms with Gasteiger partial charge in [0.05, 0.1) is 11.2 Å². The SMILES string of the molecule is Cc1ccc(NC(=O)c2ccc(OCc3cscn3)cc2)cc1. The molecule has 0 saturated heterocycles. The summed E-state index contributed by atoms with van der Waals surface area (Å²) in [6.45, 7) is 2.44. The minimum atomic E-state index is -0.139. The lowest BCUT2D eigenvalue weighted by molar-refractivity contribution is 0.102. The maximum absolute atomic E-state index is 12.2. The topological polar surface area (TPSA) is 51.2 Å². The number of hydrogen-bond acceptors (Lipinski definition) is 4. The number of carbonyl (C=O) groups is 1. The van der Waals surface area contributed by atoms with E-state index >= 15 is 0 Å². The van der Waals surface area contributed by atoms with Gasteiger partial charge in [-0.2, -0.15) is 0 Å². The van der Waals surface area contributed by atoms with E-state index in [9.17, 15) is 4.79 Å². The van der Waals surface area contributed by atoms with Crippen molar-refractivity contribution in [3.05, 3.63) is 76.2 Å². The zero-order valence-electron chi connectivity index (χ0n) is 12.7. The first-order valence-corrected chi connectivity index (χ1v) is 8.13. The van der Waals surface area contributed by atoms with Crippen LogP contribution in [0.2, 0.25) is 0 Å². The van der Waals surface area contributed by atoms with Crippen molar-refractivity contribution < 1.29 is 9.53 Å². The molecular weight excluding hydrogens is 308 g/mol. The van der Waals surface area contributed by atoms with Crippen LogP contribution >= 0.6 is 11.3 Å². The predicted octanol–water partition coefficient (Wildman–Crippen LogP) is 4.28. The Bertz CT molecular complexity index is 766.